The summed E-state index contributed by atoms with van der Waals surface area (Å²) in [5.41, 5.74) is 2.74. The van der Waals surface area contributed by atoms with Crippen molar-refractivity contribution in [2.75, 3.05) is 0 Å². The summed E-state index contributed by atoms with van der Waals surface area (Å²) < 4.78 is 1.87. The minimum atomic E-state index is -0.276. The zero-order valence-electron chi connectivity index (χ0n) is 17.4. The lowest BCUT2D eigenvalue weighted by Crippen LogP contribution is -2.34. The van der Waals surface area contributed by atoms with Crippen LogP contribution < -0.4 is 5.32 Å². The summed E-state index contributed by atoms with van der Waals surface area (Å²) in [6, 6.07) is 17.3. The Labute approximate surface area is 184 Å². The van der Waals surface area contributed by atoms with Gasteiger partial charge in [0.05, 0.1) is 4.91 Å². The summed E-state index contributed by atoms with van der Waals surface area (Å²) in [4.78, 5) is 39.1. The molecule has 2 aromatic carbocycles. The largest absolute Gasteiger partial charge is 0.350 e. The van der Waals surface area contributed by atoms with Gasteiger partial charge < -0.3 is 9.88 Å². The van der Waals surface area contributed by atoms with Gasteiger partial charge in [-0.1, -0.05) is 48.5 Å². The first kappa shape index (κ1) is 20.9. The van der Waals surface area contributed by atoms with Crippen LogP contribution in [0.25, 0.3) is 17.0 Å². The number of thioether (sulfide) groups is 1. The second-order valence-electron chi connectivity index (χ2n) is 7.64. The van der Waals surface area contributed by atoms with Crippen LogP contribution in [0, 0.1) is 0 Å². The average Bonchev–Trinajstić information content (AvgIpc) is 3.24. The van der Waals surface area contributed by atoms with Gasteiger partial charge in [-0.05, 0) is 43.3 Å². The molecule has 7 heteroatoms. The number of benzene rings is 2. The van der Waals surface area contributed by atoms with Crippen molar-refractivity contribution < 1.29 is 14.4 Å². The van der Waals surface area contributed by atoms with Gasteiger partial charge >= 0.3 is 0 Å². The van der Waals surface area contributed by atoms with Gasteiger partial charge in [0, 0.05) is 35.2 Å². The van der Waals surface area contributed by atoms with E-state index in [1.165, 1.54) is 4.90 Å². The first-order chi connectivity index (χ1) is 14.9. The summed E-state index contributed by atoms with van der Waals surface area (Å²) in [6.45, 7) is 4.27. The van der Waals surface area contributed by atoms with E-state index >= 15 is 0 Å². The molecule has 0 aliphatic carbocycles. The molecule has 1 aliphatic rings. The minimum Gasteiger partial charge on any atom is -0.350 e. The monoisotopic (exact) mass is 433 g/mol. The fourth-order valence-corrected chi connectivity index (χ4v) is 4.55. The van der Waals surface area contributed by atoms with Gasteiger partial charge in [-0.25, -0.2) is 0 Å². The number of amides is 3. The van der Waals surface area contributed by atoms with Crippen molar-refractivity contribution >= 4 is 45.8 Å². The highest BCUT2D eigenvalue weighted by atomic mass is 32.2. The zero-order chi connectivity index (χ0) is 22.0. The number of aromatic nitrogens is 1. The lowest BCUT2D eigenvalue weighted by molar-refractivity contribution is -0.124. The van der Waals surface area contributed by atoms with Crippen molar-refractivity contribution in [3.63, 3.8) is 0 Å². The van der Waals surface area contributed by atoms with Gasteiger partial charge in [-0.3, -0.25) is 19.3 Å². The Hall–Kier alpha value is -3.32. The molecule has 1 aromatic heterocycles. The zero-order valence-corrected chi connectivity index (χ0v) is 18.2. The second-order valence-corrected chi connectivity index (χ2v) is 8.63. The molecule has 0 spiro atoms. The standard InChI is InChI=1S/C24H23N3O3S/c1-16(2)27-23(29)21(31-24(27)30)12-18-14-26(20-11-7-6-10-19(18)20)15-22(28)25-13-17-8-4-3-5-9-17/h3-12,14,16H,13,15H2,1-2H3,(H,25,28)/b21-12-. The van der Waals surface area contributed by atoms with Crippen molar-refractivity contribution in [2.45, 2.75) is 33.0 Å². The van der Waals surface area contributed by atoms with Crippen LogP contribution in [0.15, 0.2) is 65.7 Å². The van der Waals surface area contributed by atoms with Crippen LogP contribution in [0.4, 0.5) is 4.79 Å². The first-order valence-electron chi connectivity index (χ1n) is 10.1. The fraction of sp³-hybridized carbons (Fsp3) is 0.208. The quantitative estimate of drug-likeness (QED) is 0.585. The van der Waals surface area contributed by atoms with E-state index in [-0.39, 0.29) is 29.6 Å². The highest BCUT2D eigenvalue weighted by Crippen LogP contribution is 2.35. The molecule has 0 unspecified atom stereocenters. The highest BCUT2D eigenvalue weighted by molar-refractivity contribution is 8.18. The van der Waals surface area contributed by atoms with Gasteiger partial charge in [0.1, 0.15) is 6.54 Å². The molecule has 2 heterocycles. The van der Waals surface area contributed by atoms with E-state index in [2.05, 4.69) is 5.32 Å². The smallest absolute Gasteiger partial charge is 0.293 e. The molecule has 1 N–H and O–H groups in total. The number of fused-ring (bicyclic) bond motifs is 1. The lowest BCUT2D eigenvalue weighted by atomic mass is 10.1. The molecule has 3 amide bonds. The molecule has 0 saturated carbocycles. The van der Waals surface area contributed by atoms with E-state index in [0.717, 1.165) is 33.8 Å². The molecule has 1 saturated heterocycles. The van der Waals surface area contributed by atoms with Gasteiger partial charge in [-0.2, -0.15) is 0 Å². The number of para-hydroxylation sites is 1. The molecular weight excluding hydrogens is 410 g/mol. The number of nitrogens with one attached hydrogen (secondary N) is 1. The number of hydrogen-bond acceptors (Lipinski definition) is 4. The van der Waals surface area contributed by atoms with Crippen LogP contribution in [0.5, 0.6) is 0 Å². The molecule has 158 valence electrons. The Balaban J connectivity index is 1.57. The molecule has 31 heavy (non-hydrogen) atoms. The van der Waals surface area contributed by atoms with E-state index in [0.29, 0.717) is 11.4 Å². The number of rotatable bonds is 6. The molecule has 0 atom stereocenters. The number of carbonyl (C=O) groups is 3. The fourth-order valence-electron chi connectivity index (χ4n) is 3.59. The summed E-state index contributed by atoms with van der Waals surface area (Å²) in [6.07, 6.45) is 3.60. The molecule has 3 aromatic rings. The van der Waals surface area contributed by atoms with Gasteiger partial charge in [0.15, 0.2) is 0 Å². The van der Waals surface area contributed by atoms with Gasteiger partial charge in [-0.15, -0.1) is 0 Å². The predicted octanol–water partition coefficient (Wildman–Crippen LogP) is 4.40. The number of imide groups is 1. The summed E-state index contributed by atoms with van der Waals surface area (Å²) in [5, 5.41) is 3.61. The first-order valence-corrected chi connectivity index (χ1v) is 10.9. The van der Waals surface area contributed by atoms with Crippen LogP contribution in [-0.2, 0) is 22.7 Å². The molecule has 6 nitrogen and oxygen atoms in total. The Morgan fingerprint density at radius 3 is 2.48 bits per heavy atom. The third kappa shape index (κ3) is 4.41. The summed E-state index contributed by atoms with van der Waals surface area (Å²) in [5.74, 6) is -0.376. The average molecular weight is 434 g/mol. The van der Waals surface area contributed by atoms with Crippen LogP contribution in [0.3, 0.4) is 0 Å². The molecule has 4 rings (SSSR count). The van der Waals surface area contributed by atoms with Crippen LogP contribution in [0.2, 0.25) is 0 Å². The lowest BCUT2D eigenvalue weighted by Gasteiger charge is -2.16. The van der Waals surface area contributed by atoms with E-state index < -0.39 is 0 Å². The minimum absolute atomic E-state index is 0.101. The van der Waals surface area contributed by atoms with Crippen molar-refractivity contribution in [1.82, 2.24) is 14.8 Å². The Bertz CT molecular complexity index is 1180. The summed E-state index contributed by atoms with van der Waals surface area (Å²) >= 11 is 0.952. The van der Waals surface area contributed by atoms with Crippen molar-refractivity contribution in [1.29, 1.82) is 0 Å². The van der Waals surface area contributed by atoms with Crippen molar-refractivity contribution in [3.05, 3.63) is 76.8 Å². The normalized spacial score (nSPS) is 15.5. The molecule has 0 bridgehead atoms. The maximum absolute atomic E-state index is 12.6. The van der Waals surface area contributed by atoms with Crippen LogP contribution >= 0.6 is 11.8 Å². The maximum Gasteiger partial charge on any atom is 0.293 e. The Morgan fingerprint density at radius 1 is 1.06 bits per heavy atom. The van der Waals surface area contributed by atoms with Crippen molar-refractivity contribution in [3.8, 4) is 0 Å². The molecule has 0 radical (unpaired) electrons. The Morgan fingerprint density at radius 2 is 1.77 bits per heavy atom. The Kier molecular flexibility index (Phi) is 5.95. The number of nitrogens with zero attached hydrogens (tertiary/aromatic N) is 2. The van der Waals surface area contributed by atoms with E-state index in [1.807, 2.05) is 79.2 Å². The second kappa shape index (κ2) is 8.81. The highest BCUT2D eigenvalue weighted by Gasteiger charge is 2.36. The maximum atomic E-state index is 12.6. The van der Waals surface area contributed by atoms with Crippen LogP contribution in [0.1, 0.15) is 25.0 Å². The van der Waals surface area contributed by atoms with E-state index in [9.17, 15) is 14.4 Å². The van der Waals surface area contributed by atoms with Crippen LogP contribution in [-0.4, -0.2) is 32.6 Å². The van der Waals surface area contributed by atoms with Gasteiger partial charge in [0.2, 0.25) is 5.91 Å². The van der Waals surface area contributed by atoms with E-state index in [1.54, 1.807) is 6.08 Å². The molecular formula is C24H23N3O3S. The third-order valence-corrected chi connectivity index (χ3v) is 5.98. The predicted molar refractivity (Wildman–Crippen MR) is 123 cm³/mol. The molecule has 1 aliphatic heterocycles. The summed E-state index contributed by atoms with van der Waals surface area (Å²) in [7, 11) is 0. The number of carbonyl (C=O) groups excluding carboxylic acids is 3. The molecule has 1 fully saturated rings. The topological polar surface area (TPSA) is 71.4 Å². The van der Waals surface area contributed by atoms with E-state index in [4.69, 9.17) is 0 Å². The van der Waals surface area contributed by atoms with Crippen molar-refractivity contribution in [2.24, 2.45) is 0 Å². The number of hydrogen-bond donors (Lipinski definition) is 1. The third-order valence-electron chi connectivity index (χ3n) is 5.09. The SMILES string of the molecule is CC(C)N1C(=O)S/C(=C\c2cn(CC(=O)NCc3ccccc3)c3ccccc23)C1=O. The van der Waals surface area contributed by atoms with Gasteiger partial charge in [0.25, 0.3) is 11.1 Å².